The molecule has 0 amide bonds. The van der Waals surface area contributed by atoms with Gasteiger partial charge in [-0.3, -0.25) is 0 Å². The normalized spacial score (nSPS) is 11.7. The van der Waals surface area contributed by atoms with Gasteiger partial charge in [-0.1, -0.05) is 97.1 Å². The number of anilines is 3. The zero-order chi connectivity index (χ0) is 28.3. The van der Waals surface area contributed by atoms with Crippen molar-refractivity contribution in [3.8, 4) is 11.5 Å². The highest BCUT2D eigenvalue weighted by molar-refractivity contribution is 6.20. The summed E-state index contributed by atoms with van der Waals surface area (Å²) in [5, 5.41) is 6.72. The van der Waals surface area contributed by atoms with Gasteiger partial charge in [-0.2, -0.15) is 0 Å². The average molecular weight is 553 g/mol. The van der Waals surface area contributed by atoms with Crippen LogP contribution in [0.1, 0.15) is 0 Å². The van der Waals surface area contributed by atoms with Gasteiger partial charge in [0.1, 0.15) is 11.1 Å². The van der Waals surface area contributed by atoms with Gasteiger partial charge in [0.2, 0.25) is 5.89 Å². The Labute approximate surface area is 247 Å². The molecule has 43 heavy (non-hydrogen) atoms. The van der Waals surface area contributed by atoms with Crippen LogP contribution in [0.4, 0.5) is 17.1 Å². The maximum absolute atomic E-state index is 6.70. The van der Waals surface area contributed by atoms with Crippen LogP contribution in [-0.2, 0) is 0 Å². The molecule has 7 aromatic carbocycles. The Morgan fingerprint density at radius 2 is 1.19 bits per heavy atom. The summed E-state index contributed by atoms with van der Waals surface area (Å²) in [4.78, 5) is 7.13. The Bertz CT molecular complexity index is 2460. The quantitative estimate of drug-likeness (QED) is 0.204. The van der Waals surface area contributed by atoms with Crippen LogP contribution in [0.25, 0.3) is 66.0 Å². The topological polar surface area (TPSA) is 42.4 Å². The third-order valence-electron chi connectivity index (χ3n) is 8.26. The van der Waals surface area contributed by atoms with Crippen LogP contribution in [0.15, 0.2) is 154 Å². The molecule has 9 aromatic rings. The minimum atomic E-state index is 0.599. The molecule has 0 bridgehead atoms. The molecule has 4 nitrogen and oxygen atoms in total. The van der Waals surface area contributed by atoms with Crippen molar-refractivity contribution in [2.24, 2.45) is 0 Å². The molecule has 0 N–H and O–H groups in total. The summed E-state index contributed by atoms with van der Waals surface area (Å²) in [5.41, 5.74) is 7.13. The number of para-hydroxylation sites is 2. The number of hydrogen-bond acceptors (Lipinski definition) is 4. The molecular formula is C39H24N2O2. The minimum Gasteiger partial charge on any atom is -0.454 e. The molecule has 0 saturated carbocycles. The van der Waals surface area contributed by atoms with Crippen molar-refractivity contribution in [2.45, 2.75) is 0 Å². The first-order chi connectivity index (χ1) is 21.3. The summed E-state index contributed by atoms with van der Waals surface area (Å²) in [6, 6.07) is 50.3. The average Bonchev–Trinajstić information content (AvgIpc) is 3.68. The lowest BCUT2D eigenvalue weighted by Crippen LogP contribution is -2.10. The number of fused-ring (bicyclic) bond motifs is 8. The number of aromatic nitrogens is 1. The van der Waals surface area contributed by atoms with Gasteiger partial charge < -0.3 is 13.7 Å². The second-order valence-corrected chi connectivity index (χ2v) is 10.8. The zero-order valence-corrected chi connectivity index (χ0v) is 23.1. The van der Waals surface area contributed by atoms with Crippen molar-refractivity contribution in [1.82, 2.24) is 4.98 Å². The number of nitrogens with zero attached hydrogens (tertiary/aromatic N) is 2. The molecule has 0 radical (unpaired) electrons. The summed E-state index contributed by atoms with van der Waals surface area (Å²) in [5.74, 6) is 0.599. The molecule has 9 rings (SSSR count). The standard InChI is InChI=1S/C39H24N2O2/c1-3-12-25(13-4-1)39-40-32-22-23-35-36(38(32)43-39)31-20-11-21-33(37(31)42-35)41(27-15-5-2-6-16-27)34-24-26-14-7-8-17-28(26)29-18-9-10-19-30(29)34/h1-24H. The van der Waals surface area contributed by atoms with E-state index in [9.17, 15) is 0 Å². The highest BCUT2D eigenvalue weighted by Crippen LogP contribution is 2.46. The Morgan fingerprint density at radius 3 is 2.02 bits per heavy atom. The van der Waals surface area contributed by atoms with Crippen LogP contribution in [0.3, 0.4) is 0 Å². The lowest BCUT2D eigenvalue weighted by Gasteiger charge is -2.27. The van der Waals surface area contributed by atoms with E-state index in [4.69, 9.17) is 13.8 Å². The fraction of sp³-hybridized carbons (Fsp3) is 0. The number of benzene rings is 7. The van der Waals surface area contributed by atoms with E-state index in [1.807, 2.05) is 48.5 Å². The van der Waals surface area contributed by atoms with Crippen LogP contribution in [0.2, 0.25) is 0 Å². The van der Waals surface area contributed by atoms with Crippen molar-refractivity contribution in [3.63, 3.8) is 0 Å². The fourth-order valence-corrected chi connectivity index (χ4v) is 6.34. The van der Waals surface area contributed by atoms with Crippen LogP contribution in [-0.4, -0.2) is 4.98 Å². The Hall–Kier alpha value is -5.87. The Morgan fingerprint density at radius 1 is 0.488 bits per heavy atom. The summed E-state index contributed by atoms with van der Waals surface area (Å²) in [6.07, 6.45) is 0. The van der Waals surface area contributed by atoms with Gasteiger partial charge in [0.15, 0.2) is 11.2 Å². The molecule has 0 fully saturated rings. The molecule has 0 aliphatic carbocycles. The lowest BCUT2D eigenvalue weighted by molar-refractivity contribution is 0.622. The van der Waals surface area contributed by atoms with Gasteiger partial charge in [0.05, 0.1) is 16.8 Å². The third-order valence-corrected chi connectivity index (χ3v) is 8.26. The predicted octanol–water partition coefficient (Wildman–Crippen LogP) is 11.2. The first-order valence-corrected chi connectivity index (χ1v) is 14.4. The van der Waals surface area contributed by atoms with Crippen LogP contribution in [0.5, 0.6) is 0 Å². The smallest absolute Gasteiger partial charge is 0.227 e. The molecule has 0 atom stereocenters. The second kappa shape index (κ2) is 9.33. The van der Waals surface area contributed by atoms with Crippen molar-refractivity contribution in [1.29, 1.82) is 0 Å². The number of hydrogen-bond donors (Lipinski definition) is 0. The van der Waals surface area contributed by atoms with Gasteiger partial charge in [0.25, 0.3) is 0 Å². The van der Waals surface area contributed by atoms with E-state index < -0.39 is 0 Å². The number of furan rings is 1. The summed E-state index contributed by atoms with van der Waals surface area (Å²) in [6.45, 7) is 0. The first-order valence-electron chi connectivity index (χ1n) is 14.4. The largest absolute Gasteiger partial charge is 0.454 e. The molecule has 202 valence electrons. The predicted molar refractivity (Wildman–Crippen MR) is 176 cm³/mol. The van der Waals surface area contributed by atoms with Gasteiger partial charge in [-0.25, -0.2) is 4.98 Å². The van der Waals surface area contributed by atoms with Gasteiger partial charge in [0, 0.05) is 22.0 Å². The highest BCUT2D eigenvalue weighted by atomic mass is 16.4. The van der Waals surface area contributed by atoms with Crippen molar-refractivity contribution < 1.29 is 8.83 Å². The molecule has 2 heterocycles. The third kappa shape index (κ3) is 3.67. The van der Waals surface area contributed by atoms with Crippen molar-refractivity contribution in [2.75, 3.05) is 4.90 Å². The number of oxazole rings is 1. The molecule has 0 unspecified atom stereocenters. The van der Waals surface area contributed by atoms with Gasteiger partial charge in [-0.15, -0.1) is 0 Å². The molecule has 0 aliphatic heterocycles. The van der Waals surface area contributed by atoms with E-state index in [0.29, 0.717) is 5.89 Å². The molecule has 0 aliphatic rings. The minimum absolute atomic E-state index is 0.599. The van der Waals surface area contributed by atoms with E-state index in [2.05, 4.69) is 102 Å². The summed E-state index contributed by atoms with van der Waals surface area (Å²) < 4.78 is 13.1. The summed E-state index contributed by atoms with van der Waals surface area (Å²) >= 11 is 0. The first kappa shape index (κ1) is 23.8. The Kier molecular flexibility index (Phi) is 5.16. The highest BCUT2D eigenvalue weighted by Gasteiger charge is 2.23. The second-order valence-electron chi connectivity index (χ2n) is 10.8. The molecule has 4 heteroatoms. The van der Waals surface area contributed by atoms with E-state index in [1.165, 1.54) is 21.5 Å². The fourth-order valence-electron chi connectivity index (χ4n) is 6.34. The lowest BCUT2D eigenvalue weighted by atomic mass is 9.99. The van der Waals surface area contributed by atoms with E-state index in [-0.39, 0.29) is 0 Å². The van der Waals surface area contributed by atoms with Crippen LogP contribution >= 0.6 is 0 Å². The maximum atomic E-state index is 6.70. The van der Waals surface area contributed by atoms with E-state index >= 15 is 0 Å². The van der Waals surface area contributed by atoms with Crippen LogP contribution < -0.4 is 4.90 Å². The molecule has 0 saturated heterocycles. The van der Waals surface area contributed by atoms with Crippen molar-refractivity contribution >= 4 is 71.6 Å². The SMILES string of the molecule is c1ccc(-c2nc3ccc4oc5c(N(c6ccccc6)c6cc7ccccc7c7ccccc67)cccc5c4c3o2)cc1. The van der Waals surface area contributed by atoms with Crippen molar-refractivity contribution in [3.05, 3.63) is 146 Å². The Balaban J connectivity index is 1.35. The van der Waals surface area contributed by atoms with E-state index in [1.54, 1.807) is 0 Å². The maximum Gasteiger partial charge on any atom is 0.227 e. The molecule has 2 aromatic heterocycles. The monoisotopic (exact) mass is 552 g/mol. The molecule has 0 spiro atoms. The van der Waals surface area contributed by atoms with Gasteiger partial charge >= 0.3 is 0 Å². The van der Waals surface area contributed by atoms with Crippen LogP contribution in [0, 0.1) is 0 Å². The summed E-state index contributed by atoms with van der Waals surface area (Å²) in [7, 11) is 0. The van der Waals surface area contributed by atoms with Gasteiger partial charge in [-0.05, 0) is 64.7 Å². The van der Waals surface area contributed by atoms with E-state index in [0.717, 1.165) is 55.7 Å². The molecular weight excluding hydrogens is 528 g/mol. The zero-order valence-electron chi connectivity index (χ0n) is 23.1. The number of rotatable bonds is 4.